The lowest BCUT2D eigenvalue weighted by atomic mass is 9.89. The van der Waals surface area contributed by atoms with Gasteiger partial charge in [0.15, 0.2) is 0 Å². The smallest absolute Gasteiger partial charge is 0.311 e. The molecule has 4 nitrogen and oxygen atoms in total. The van der Waals surface area contributed by atoms with Crippen LogP contribution in [0.3, 0.4) is 0 Å². The van der Waals surface area contributed by atoms with E-state index in [0.29, 0.717) is 27.0 Å². The summed E-state index contributed by atoms with van der Waals surface area (Å²) in [7, 11) is 0. The normalized spacial score (nSPS) is 16.4. The molecule has 0 aromatic heterocycles. The maximum atomic E-state index is 12.3. The fourth-order valence-corrected chi connectivity index (χ4v) is 3.16. The zero-order valence-electron chi connectivity index (χ0n) is 12.0. The van der Waals surface area contributed by atoms with Crippen LogP contribution >= 0.6 is 23.2 Å². The van der Waals surface area contributed by atoms with E-state index in [9.17, 15) is 9.59 Å². The molecule has 118 valence electrons. The highest BCUT2D eigenvalue weighted by Crippen LogP contribution is 2.40. The molecule has 1 amide bonds. The molecule has 0 fully saturated rings. The summed E-state index contributed by atoms with van der Waals surface area (Å²) < 4.78 is 5.19. The summed E-state index contributed by atoms with van der Waals surface area (Å²) in [5.74, 6) is -0.452. The van der Waals surface area contributed by atoms with Crippen molar-refractivity contribution >= 4 is 40.8 Å². The van der Waals surface area contributed by atoms with Gasteiger partial charge in [0.25, 0.3) is 0 Å². The number of anilines is 1. The van der Waals surface area contributed by atoms with Gasteiger partial charge in [-0.05, 0) is 30.3 Å². The molecule has 0 saturated heterocycles. The molecule has 1 heterocycles. The molecule has 0 aliphatic carbocycles. The van der Waals surface area contributed by atoms with Crippen molar-refractivity contribution in [3.05, 3.63) is 58.1 Å². The fourth-order valence-electron chi connectivity index (χ4n) is 2.65. The third-order valence-electron chi connectivity index (χ3n) is 3.60. The van der Waals surface area contributed by atoms with E-state index < -0.39 is 0 Å². The lowest BCUT2D eigenvalue weighted by molar-refractivity contribution is -0.136. The Kier molecular flexibility index (Phi) is 4.55. The van der Waals surface area contributed by atoms with Crippen LogP contribution in [0.5, 0.6) is 5.75 Å². The van der Waals surface area contributed by atoms with Gasteiger partial charge in [0, 0.05) is 33.6 Å². The summed E-state index contributed by atoms with van der Waals surface area (Å²) in [6.45, 7) is 0. The minimum Gasteiger partial charge on any atom is -0.426 e. The number of rotatable bonds is 3. The summed E-state index contributed by atoms with van der Waals surface area (Å²) in [5.41, 5.74) is 1.32. The predicted octanol–water partition coefficient (Wildman–Crippen LogP) is 4.41. The molecule has 23 heavy (non-hydrogen) atoms. The number of amides is 1. The average Bonchev–Trinajstić information content (AvgIpc) is 2.46. The van der Waals surface area contributed by atoms with Crippen LogP contribution in [0.4, 0.5) is 5.69 Å². The zero-order chi connectivity index (χ0) is 16.4. The first-order valence-corrected chi connectivity index (χ1v) is 7.83. The Morgan fingerprint density at radius 3 is 2.78 bits per heavy atom. The first-order valence-electron chi connectivity index (χ1n) is 7.07. The van der Waals surface area contributed by atoms with Crippen LogP contribution in [0.25, 0.3) is 0 Å². The van der Waals surface area contributed by atoms with E-state index in [4.69, 9.17) is 27.9 Å². The van der Waals surface area contributed by atoms with Crippen molar-refractivity contribution in [2.75, 3.05) is 5.32 Å². The molecule has 1 unspecified atom stereocenters. The number of hydrogen-bond donors (Lipinski definition) is 1. The second-order valence-electron chi connectivity index (χ2n) is 5.29. The minimum absolute atomic E-state index is 0.125. The number of fused-ring (bicyclic) bond motifs is 1. The van der Waals surface area contributed by atoms with E-state index in [1.807, 2.05) is 0 Å². The highest BCUT2D eigenvalue weighted by molar-refractivity contribution is 6.32. The van der Waals surface area contributed by atoms with Gasteiger partial charge in [-0.15, -0.1) is 0 Å². The molecule has 2 aromatic rings. The van der Waals surface area contributed by atoms with E-state index in [0.717, 1.165) is 0 Å². The Bertz CT molecular complexity index is 776. The number of carbonyl (C=O) groups excluding carboxylic acids is 2. The Hall–Kier alpha value is -2.04. The third kappa shape index (κ3) is 3.66. The Morgan fingerprint density at radius 1 is 1.22 bits per heavy atom. The van der Waals surface area contributed by atoms with Crippen LogP contribution in [0, 0.1) is 0 Å². The van der Waals surface area contributed by atoms with Crippen LogP contribution in [-0.4, -0.2) is 11.9 Å². The molecule has 0 radical (unpaired) electrons. The molecule has 6 heteroatoms. The number of esters is 1. The SMILES string of the molecule is O=C(CC1CC(=O)Oc2cccc(Cl)c21)Nc1cccc(Cl)c1. The van der Waals surface area contributed by atoms with Crippen molar-refractivity contribution in [2.45, 2.75) is 18.8 Å². The summed E-state index contributed by atoms with van der Waals surface area (Å²) in [4.78, 5) is 24.0. The van der Waals surface area contributed by atoms with E-state index in [1.54, 1.807) is 42.5 Å². The molecule has 0 bridgehead atoms. The maximum Gasteiger partial charge on any atom is 0.311 e. The average molecular weight is 350 g/mol. The lowest BCUT2D eigenvalue weighted by Crippen LogP contribution is -2.24. The Labute approximate surface area is 143 Å². The summed E-state index contributed by atoms with van der Waals surface area (Å²) in [5, 5.41) is 3.81. The quantitative estimate of drug-likeness (QED) is 0.659. The van der Waals surface area contributed by atoms with Gasteiger partial charge in [-0.1, -0.05) is 35.3 Å². The van der Waals surface area contributed by atoms with Gasteiger partial charge in [-0.2, -0.15) is 0 Å². The molecule has 1 N–H and O–H groups in total. The number of nitrogens with one attached hydrogen (secondary N) is 1. The van der Waals surface area contributed by atoms with Crippen molar-refractivity contribution in [3.63, 3.8) is 0 Å². The first-order chi connectivity index (χ1) is 11.0. The van der Waals surface area contributed by atoms with Gasteiger partial charge in [0.1, 0.15) is 5.75 Å². The second kappa shape index (κ2) is 6.60. The molecular formula is C17H13Cl2NO3. The van der Waals surface area contributed by atoms with Crippen molar-refractivity contribution in [1.29, 1.82) is 0 Å². The minimum atomic E-state index is -0.361. The summed E-state index contributed by atoms with van der Waals surface area (Å²) >= 11 is 12.1. The van der Waals surface area contributed by atoms with Crippen molar-refractivity contribution in [3.8, 4) is 5.75 Å². The Morgan fingerprint density at radius 2 is 2.00 bits per heavy atom. The second-order valence-corrected chi connectivity index (χ2v) is 6.13. The standard InChI is InChI=1S/C17H13Cl2NO3/c18-11-3-1-4-12(9-11)20-15(21)7-10-8-16(22)23-14-6-2-5-13(19)17(10)14/h1-6,9-10H,7-8H2,(H,20,21). The van der Waals surface area contributed by atoms with Crippen molar-refractivity contribution in [1.82, 2.24) is 0 Å². The molecular weight excluding hydrogens is 337 g/mol. The van der Waals surface area contributed by atoms with Gasteiger partial charge >= 0.3 is 5.97 Å². The van der Waals surface area contributed by atoms with Gasteiger partial charge in [0.05, 0.1) is 6.42 Å². The topological polar surface area (TPSA) is 55.4 Å². The number of ether oxygens (including phenoxy) is 1. The van der Waals surface area contributed by atoms with Gasteiger partial charge in [-0.3, -0.25) is 9.59 Å². The largest absolute Gasteiger partial charge is 0.426 e. The monoisotopic (exact) mass is 349 g/mol. The number of carbonyl (C=O) groups is 2. The fraction of sp³-hybridized carbons (Fsp3) is 0.176. The van der Waals surface area contributed by atoms with Crippen LogP contribution in [0.15, 0.2) is 42.5 Å². The first kappa shape index (κ1) is 15.8. The number of halogens is 2. The van der Waals surface area contributed by atoms with E-state index in [1.165, 1.54) is 0 Å². The van der Waals surface area contributed by atoms with Crippen LogP contribution in [0.2, 0.25) is 10.0 Å². The molecule has 1 aliphatic rings. The highest BCUT2D eigenvalue weighted by Gasteiger charge is 2.30. The molecule has 3 rings (SSSR count). The number of hydrogen-bond acceptors (Lipinski definition) is 3. The van der Waals surface area contributed by atoms with Gasteiger partial charge in [-0.25, -0.2) is 0 Å². The molecule has 2 aromatic carbocycles. The van der Waals surface area contributed by atoms with Crippen molar-refractivity contribution in [2.24, 2.45) is 0 Å². The van der Waals surface area contributed by atoms with E-state index in [-0.39, 0.29) is 30.6 Å². The maximum absolute atomic E-state index is 12.3. The molecule has 1 atom stereocenters. The van der Waals surface area contributed by atoms with Crippen LogP contribution in [-0.2, 0) is 9.59 Å². The lowest BCUT2D eigenvalue weighted by Gasteiger charge is -2.25. The predicted molar refractivity (Wildman–Crippen MR) is 89.1 cm³/mol. The Balaban J connectivity index is 1.78. The van der Waals surface area contributed by atoms with E-state index >= 15 is 0 Å². The number of benzene rings is 2. The third-order valence-corrected chi connectivity index (χ3v) is 4.16. The van der Waals surface area contributed by atoms with E-state index in [2.05, 4.69) is 5.32 Å². The summed E-state index contributed by atoms with van der Waals surface area (Å²) in [6, 6.07) is 12.0. The summed E-state index contributed by atoms with van der Waals surface area (Å²) in [6.07, 6.45) is 0.262. The van der Waals surface area contributed by atoms with Crippen molar-refractivity contribution < 1.29 is 14.3 Å². The molecule has 0 saturated carbocycles. The van der Waals surface area contributed by atoms with Crippen LogP contribution in [0.1, 0.15) is 24.3 Å². The van der Waals surface area contributed by atoms with Gasteiger partial charge in [0.2, 0.25) is 5.91 Å². The highest BCUT2D eigenvalue weighted by atomic mass is 35.5. The van der Waals surface area contributed by atoms with Crippen LogP contribution < -0.4 is 10.1 Å². The molecule has 0 spiro atoms. The molecule has 1 aliphatic heterocycles. The van der Waals surface area contributed by atoms with Gasteiger partial charge < -0.3 is 10.1 Å². The zero-order valence-corrected chi connectivity index (χ0v) is 13.5.